The van der Waals surface area contributed by atoms with Gasteiger partial charge >= 0.3 is 0 Å². The molecule has 1 aromatic heterocycles. The lowest BCUT2D eigenvalue weighted by Crippen LogP contribution is -2.61. The third-order valence-electron chi connectivity index (χ3n) is 3.98. The van der Waals surface area contributed by atoms with Crippen LogP contribution in [0.5, 0.6) is 0 Å². The molecule has 0 unspecified atom stereocenters. The predicted molar refractivity (Wildman–Crippen MR) is 83.7 cm³/mol. The van der Waals surface area contributed by atoms with Crippen LogP contribution in [0.3, 0.4) is 0 Å². The number of nitrogens with zero attached hydrogens (tertiary/aromatic N) is 2. The number of nitrogens with one attached hydrogen (secondary N) is 1. The monoisotopic (exact) mass is 379 g/mol. The minimum absolute atomic E-state index is 0.445. The summed E-state index contributed by atoms with van der Waals surface area (Å²) in [5.74, 6) is 0. The Labute approximate surface area is 132 Å². The molecule has 8 heteroatoms. The first-order chi connectivity index (χ1) is 9.48. The summed E-state index contributed by atoms with van der Waals surface area (Å²) in [6.07, 6.45) is 0. The van der Waals surface area contributed by atoms with Crippen molar-refractivity contribution in [2.75, 3.05) is 39.3 Å². The van der Waals surface area contributed by atoms with E-state index in [9.17, 15) is 8.42 Å². The molecule has 0 aromatic carbocycles. The van der Waals surface area contributed by atoms with Gasteiger partial charge in [-0.2, -0.15) is 4.31 Å². The molecule has 3 rings (SSSR count). The summed E-state index contributed by atoms with van der Waals surface area (Å²) in [4.78, 5) is 2.39. The third kappa shape index (κ3) is 2.69. The Hall–Kier alpha value is 0.01000. The molecule has 0 saturated carbocycles. The number of hydrogen-bond donors (Lipinski definition) is 1. The van der Waals surface area contributed by atoms with Gasteiger partial charge < -0.3 is 5.32 Å². The second-order valence-corrected chi connectivity index (χ2v) is 9.81. The standard InChI is InChI=1S/C12H18BrN3O2S2/c1-9-6-11(19-12(9)13)20(17,18)16-4-2-15(3-5-16)10-7-14-8-10/h6,10,14H,2-5,7-8H2,1H3. The van der Waals surface area contributed by atoms with Crippen LogP contribution in [0.4, 0.5) is 0 Å². The van der Waals surface area contributed by atoms with E-state index in [0.717, 1.165) is 35.5 Å². The second kappa shape index (κ2) is 5.66. The Morgan fingerprint density at radius 3 is 2.40 bits per heavy atom. The molecule has 0 aliphatic carbocycles. The summed E-state index contributed by atoms with van der Waals surface area (Å²) in [7, 11) is -3.32. The van der Waals surface area contributed by atoms with E-state index >= 15 is 0 Å². The fourth-order valence-corrected chi connectivity index (χ4v) is 6.33. The molecule has 112 valence electrons. The van der Waals surface area contributed by atoms with Gasteiger partial charge in [0.05, 0.1) is 3.79 Å². The number of halogens is 1. The van der Waals surface area contributed by atoms with Crippen molar-refractivity contribution in [3.8, 4) is 0 Å². The van der Waals surface area contributed by atoms with Crippen LogP contribution in [0.25, 0.3) is 0 Å². The van der Waals surface area contributed by atoms with Crippen molar-refractivity contribution in [3.63, 3.8) is 0 Å². The average molecular weight is 380 g/mol. The van der Waals surface area contributed by atoms with Gasteiger partial charge in [0.2, 0.25) is 0 Å². The third-order valence-corrected chi connectivity index (χ3v) is 8.46. The Kier molecular flexibility index (Phi) is 4.22. The average Bonchev–Trinajstić information content (AvgIpc) is 2.69. The van der Waals surface area contributed by atoms with E-state index in [2.05, 4.69) is 26.1 Å². The van der Waals surface area contributed by atoms with Gasteiger partial charge in [-0.05, 0) is 34.5 Å². The van der Waals surface area contributed by atoms with Gasteiger partial charge in [0.25, 0.3) is 10.0 Å². The van der Waals surface area contributed by atoms with Gasteiger partial charge in [0.15, 0.2) is 0 Å². The first kappa shape index (κ1) is 14.9. The first-order valence-corrected chi connectivity index (χ1v) is 9.74. The minimum atomic E-state index is -3.32. The number of aryl methyl sites for hydroxylation is 1. The molecule has 3 heterocycles. The second-order valence-electron chi connectivity index (χ2n) is 5.27. The van der Waals surface area contributed by atoms with E-state index < -0.39 is 10.0 Å². The van der Waals surface area contributed by atoms with Crippen LogP contribution in [0.1, 0.15) is 5.56 Å². The van der Waals surface area contributed by atoms with Crippen LogP contribution in [-0.2, 0) is 10.0 Å². The summed E-state index contributed by atoms with van der Waals surface area (Å²) in [5, 5.41) is 3.26. The zero-order valence-corrected chi connectivity index (χ0v) is 14.5. The normalized spacial score (nSPS) is 22.9. The molecule has 2 saturated heterocycles. The largest absolute Gasteiger partial charge is 0.314 e. The maximum atomic E-state index is 12.6. The van der Waals surface area contributed by atoms with Crippen molar-refractivity contribution in [1.82, 2.24) is 14.5 Å². The zero-order chi connectivity index (χ0) is 14.3. The van der Waals surface area contributed by atoms with Crippen LogP contribution >= 0.6 is 27.3 Å². The first-order valence-electron chi connectivity index (χ1n) is 6.69. The molecule has 2 aliphatic heterocycles. The Balaban J connectivity index is 1.70. The summed E-state index contributed by atoms with van der Waals surface area (Å²) in [5.41, 5.74) is 0.979. The van der Waals surface area contributed by atoms with Crippen molar-refractivity contribution in [1.29, 1.82) is 0 Å². The molecule has 2 aliphatic rings. The number of sulfonamides is 1. The van der Waals surface area contributed by atoms with Crippen LogP contribution in [-0.4, -0.2) is 62.9 Å². The number of rotatable bonds is 3. The van der Waals surface area contributed by atoms with Crippen LogP contribution < -0.4 is 5.32 Å². The van der Waals surface area contributed by atoms with Crippen LogP contribution in [0, 0.1) is 6.92 Å². The summed E-state index contributed by atoms with van der Waals surface area (Å²) >= 11 is 4.70. The maximum absolute atomic E-state index is 12.6. The van der Waals surface area contributed by atoms with Crippen molar-refractivity contribution in [3.05, 3.63) is 15.4 Å². The number of piperazine rings is 1. The Morgan fingerprint density at radius 1 is 1.30 bits per heavy atom. The molecule has 0 bridgehead atoms. The van der Waals surface area contributed by atoms with Crippen LogP contribution in [0.2, 0.25) is 0 Å². The molecule has 5 nitrogen and oxygen atoms in total. The zero-order valence-electron chi connectivity index (χ0n) is 11.3. The minimum Gasteiger partial charge on any atom is -0.314 e. The van der Waals surface area contributed by atoms with E-state index in [1.165, 1.54) is 11.3 Å². The lowest BCUT2D eigenvalue weighted by atomic mass is 10.1. The highest BCUT2D eigenvalue weighted by Gasteiger charge is 2.33. The van der Waals surface area contributed by atoms with Gasteiger partial charge in [-0.25, -0.2) is 8.42 Å². The van der Waals surface area contributed by atoms with Crippen molar-refractivity contribution in [2.45, 2.75) is 17.2 Å². The molecular weight excluding hydrogens is 362 g/mol. The highest BCUT2D eigenvalue weighted by Crippen LogP contribution is 2.32. The van der Waals surface area contributed by atoms with E-state index in [1.807, 2.05) is 6.92 Å². The summed E-state index contributed by atoms with van der Waals surface area (Å²) in [6, 6.07) is 2.35. The highest BCUT2D eigenvalue weighted by molar-refractivity contribution is 9.11. The quantitative estimate of drug-likeness (QED) is 0.853. The smallest absolute Gasteiger partial charge is 0.252 e. The van der Waals surface area contributed by atoms with E-state index in [0.29, 0.717) is 23.3 Å². The van der Waals surface area contributed by atoms with Crippen molar-refractivity contribution < 1.29 is 8.42 Å². The van der Waals surface area contributed by atoms with Gasteiger partial charge in [-0.1, -0.05) is 0 Å². The topological polar surface area (TPSA) is 52.7 Å². The molecule has 0 spiro atoms. The Bertz CT molecular complexity index is 570. The molecule has 1 aromatic rings. The van der Waals surface area contributed by atoms with Crippen LogP contribution in [0.15, 0.2) is 14.1 Å². The lowest BCUT2D eigenvalue weighted by molar-refractivity contribution is 0.103. The maximum Gasteiger partial charge on any atom is 0.252 e. The SMILES string of the molecule is Cc1cc(S(=O)(=O)N2CCN(C3CNC3)CC2)sc1Br. The van der Waals surface area contributed by atoms with Crippen molar-refractivity contribution >= 4 is 37.3 Å². The molecule has 0 atom stereocenters. The summed E-state index contributed by atoms with van der Waals surface area (Å²) in [6.45, 7) is 6.82. The lowest BCUT2D eigenvalue weighted by Gasteiger charge is -2.42. The predicted octanol–water partition coefficient (Wildman–Crippen LogP) is 1.10. The van der Waals surface area contributed by atoms with Gasteiger partial charge in [0, 0.05) is 45.3 Å². The van der Waals surface area contributed by atoms with Gasteiger partial charge in [-0.15, -0.1) is 11.3 Å². The molecule has 2 fully saturated rings. The van der Waals surface area contributed by atoms with E-state index in [-0.39, 0.29) is 0 Å². The molecule has 1 N–H and O–H groups in total. The van der Waals surface area contributed by atoms with E-state index in [4.69, 9.17) is 0 Å². The number of thiophene rings is 1. The fourth-order valence-electron chi connectivity index (χ4n) is 2.53. The van der Waals surface area contributed by atoms with Crippen molar-refractivity contribution in [2.24, 2.45) is 0 Å². The molecule has 0 radical (unpaired) electrons. The molecular formula is C12H18BrN3O2S2. The number of hydrogen-bond acceptors (Lipinski definition) is 5. The molecule has 20 heavy (non-hydrogen) atoms. The fraction of sp³-hybridized carbons (Fsp3) is 0.667. The van der Waals surface area contributed by atoms with Gasteiger partial charge in [-0.3, -0.25) is 4.90 Å². The van der Waals surface area contributed by atoms with Gasteiger partial charge in [0.1, 0.15) is 4.21 Å². The highest BCUT2D eigenvalue weighted by atomic mass is 79.9. The summed E-state index contributed by atoms with van der Waals surface area (Å²) < 4.78 is 28.2. The van der Waals surface area contributed by atoms with E-state index in [1.54, 1.807) is 10.4 Å². The molecule has 0 amide bonds. The Morgan fingerprint density at radius 2 is 1.95 bits per heavy atom.